The molecule has 0 fully saturated rings. The summed E-state index contributed by atoms with van der Waals surface area (Å²) in [6, 6.07) is 0. The van der Waals surface area contributed by atoms with Gasteiger partial charge in [0.1, 0.15) is 6.61 Å². The van der Waals surface area contributed by atoms with Crippen molar-refractivity contribution >= 4 is 19.8 Å². The maximum Gasteiger partial charge on any atom is 0.472 e. The van der Waals surface area contributed by atoms with Crippen LogP contribution in [-0.4, -0.2) is 42.8 Å². The molecule has 0 radical (unpaired) electrons. The van der Waals surface area contributed by atoms with Crippen LogP contribution < -0.4 is 0 Å². The molecule has 8 nitrogen and oxygen atoms in total. The number of hydrogen-bond donors (Lipinski definition) is 1. The molecule has 284 valence electrons. The summed E-state index contributed by atoms with van der Waals surface area (Å²) in [5.41, 5.74) is 0. The van der Waals surface area contributed by atoms with Gasteiger partial charge in [0.05, 0.1) is 13.2 Å². The molecule has 50 heavy (non-hydrogen) atoms. The number of carbonyl (C=O) groups excluding carboxylic acids is 2. The van der Waals surface area contributed by atoms with Crippen molar-refractivity contribution in [3.63, 3.8) is 0 Å². The Morgan fingerprint density at radius 3 is 1.60 bits per heavy atom. The van der Waals surface area contributed by atoms with Crippen molar-refractivity contribution in [1.82, 2.24) is 0 Å². The van der Waals surface area contributed by atoms with E-state index in [9.17, 15) is 19.0 Å². The number of ether oxygens (including phenoxy) is 2. The third kappa shape index (κ3) is 35.1. The molecule has 0 saturated heterocycles. The van der Waals surface area contributed by atoms with Crippen molar-refractivity contribution in [2.75, 3.05) is 19.8 Å². The molecule has 9 heteroatoms. The first-order chi connectivity index (χ1) is 24.3. The Kier molecular flexibility index (Phi) is 34.0. The van der Waals surface area contributed by atoms with Crippen LogP contribution in [0, 0.1) is 0 Å². The van der Waals surface area contributed by atoms with Gasteiger partial charge in [-0.15, -0.1) is 0 Å². The van der Waals surface area contributed by atoms with E-state index in [1.54, 1.807) is 6.92 Å². The third-order valence-electron chi connectivity index (χ3n) is 7.17. The summed E-state index contributed by atoms with van der Waals surface area (Å²) in [5.74, 6) is -0.894. The number of unbranched alkanes of at least 4 members (excludes halogenated alkanes) is 7. The summed E-state index contributed by atoms with van der Waals surface area (Å²) in [6.07, 6.45) is 45.0. The van der Waals surface area contributed by atoms with Crippen LogP contribution >= 0.6 is 7.82 Å². The molecule has 0 aromatic rings. The van der Waals surface area contributed by atoms with Crippen molar-refractivity contribution in [2.45, 2.75) is 142 Å². The van der Waals surface area contributed by atoms with Crippen LogP contribution in [0.4, 0.5) is 0 Å². The van der Waals surface area contributed by atoms with E-state index >= 15 is 0 Å². The SMILES string of the molecule is CC/C=C\C/C=C\C/C=C\C/C=C\C/C=C\CCCC(=O)OC(COC(=O)CCCCCCC/C=C\C/C=C\CCC)COP(=O)(O)OCC. The Bertz CT molecular complexity index is 1090. The molecule has 0 spiro atoms. The number of allylic oxidation sites excluding steroid dienone is 14. The van der Waals surface area contributed by atoms with Crippen molar-refractivity contribution in [3.05, 3.63) is 85.1 Å². The van der Waals surface area contributed by atoms with Gasteiger partial charge < -0.3 is 14.4 Å². The first kappa shape index (κ1) is 47.2. The third-order valence-corrected chi connectivity index (χ3v) is 8.23. The lowest BCUT2D eigenvalue weighted by molar-refractivity contribution is -0.161. The lowest BCUT2D eigenvalue weighted by Crippen LogP contribution is -2.29. The molecule has 2 atom stereocenters. The summed E-state index contributed by atoms with van der Waals surface area (Å²) in [7, 11) is -4.30. The topological polar surface area (TPSA) is 108 Å². The van der Waals surface area contributed by atoms with E-state index in [0.717, 1.165) is 77.0 Å². The maximum absolute atomic E-state index is 12.5. The lowest BCUT2D eigenvalue weighted by atomic mass is 10.1. The van der Waals surface area contributed by atoms with Crippen LogP contribution in [0.25, 0.3) is 0 Å². The molecular weight excluding hydrogens is 651 g/mol. The maximum atomic E-state index is 12.5. The molecule has 0 aromatic carbocycles. The molecule has 0 rings (SSSR count). The van der Waals surface area contributed by atoms with Gasteiger partial charge >= 0.3 is 19.8 Å². The predicted molar refractivity (Wildman–Crippen MR) is 207 cm³/mol. The number of esters is 2. The summed E-state index contributed by atoms with van der Waals surface area (Å²) >= 11 is 0. The van der Waals surface area contributed by atoms with Crippen LogP contribution in [0.15, 0.2) is 85.1 Å². The van der Waals surface area contributed by atoms with Gasteiger partial charge in [-0.3, -0.25) is 18.6 Å². The molecule has 0 aliphatic carbocycles. The average Bonchev–Trinajstić information content (AvgIpc) is 3.09. The zero-order valence-corrected chi connectivity index (χ0v) is 32.2. The molecule has 0 heterocycles. The number of carbonyl (C=O) groups is 2. The van der Waals surface area contributed by atoms with Crippen LogP contribution in [0.1, 0.15) is 136 Å². The molecule has 0 aliphatic rings. The van der Waals surface area contributed by atoms with Crippen molar-refractivity contribution in [2.24, 2.45) is 0 Å². The fourth-order valence-electron chi connectivity index (χ4n) is 4.46. The van der Waals surface area contributed by atoms with E-state index in [4.69, 9.17) is 18.5 Å². The zero-order chi connectivity index (χ0) is 36.8. The van der Waals surface area contributed by atoms with Gasteiger partial charge in [-0.25, -0.2) is 4.57 Å². The molecule has 0 amide bonds. The van der Waals surface area contributed by atoms with E-state index in [1.807, 2.05) is 6.08 Å². The van der Waals surface area contributed by atoms with E-state index in [1.165, 1.54) is 6.42 Å². The summed E-state index contributed by atoms with van der Waals surface area (Å²) in [4.78, 5) is 34.6. The highest BCUT2D eigenvalue weighted by molar-refractivity contribution is 7.47. The minimum atomic E-state index is -4.30. The van der Waals surface area contributed by atoms with Gasteiger partial charge in [-0.05, 0) is 84.0 Å². The molecule has 0 saturated carbocycles. The molecule has 0 bridgehead atoms. The second-order valence-electron chi connectivity index (χ2n) is 11.9. The standard InChI is InChI=1S/C41H67O8P/c1-4-7-9-11-13-15-17-19-20-21-22-24-26-28-30-32-34-36-41(43)49-39(38-48-50(44,45)47-6-3)37-46-40(42)35-33-31-29-27-25-23-18-16-14-12-10-8-5-2/h7,9-10,12-13,15-16,18-20,22,24,28,30,39H,4-6,8,11,14,17,21,23,25-27,29,31-38H2,1-3H3,(H,44,45)/b9-7-,12-10-,15-13-,18-16-,20-19-,24-22-,30-28-. The van der Waals surface area contributed by atoms with Gasteiger partial charge in [-0.2, -0.15) is 0 Å². The van der Waals surface area contributed by atoms with Crippen LogP contribution in [0.5, 0.6) is 0 Å². The highest BCUT2D eigenvalue weighted by Gasteiger charge is 2.25. The van der Waals surface area contributed by atoms with Crippen LogP contribution in [0.3, 0.4) is 0 Å². The summed E-state index contributed by atoms with van der Waals surface area (Å²) in [5, 5.41) is 0. The number of hydrogen-bond acceptors (Lipinski definition) is 7. The van der Waals surface area contributed by atoms with E-state index in [0.29, 0.717) is 19.3 Å². The molecule has 0 aromatic heterocycles. The van der Waals surface area contributed by atoms with E-state index in [2.05, 4.69) is 92.8 Å². The number of rotatable bonds is 33. The van der Waals surface area contributed by atoms with Crippen molar-refractivity contribution < 1.29 is 37.6 Å². The fourth-order valence-corrected chi connectivity index (χ4v) is 5.22. The lowest BCUT2D eigenvalue weighted by Gasteiger charge is -2.19. The Labute approximate surface area is 304 Å². The largest absolute Gasteiger partial charge is 0.472 e. The first-order valence-corrected chi connectivity index (χ1v) is 20.4. The number of phosphoric acid groups is 1. The second kappa shape index (κ2) is 36.0. The summed E-state index contributed by atoms with van der Waals surface area (Å²) in [6.45, 7) is 5.17. The van der Waals surface area contributed by atoms with Gasteiger partial charge in [0.15, 0.2) is 6.10 Å². The van der Waals surface area contributed by atoms with Gasteiger partial charge in [0.2, 0.25) is 0 Å². The molecular formula is C41H67O8P. The molecule has 0 aliphatic heterocycles. The minimum Gasteiger partial charge on any atom is -0.462 e. The first-order valence-electron chi connectivity index (χ1n) is 18.9. The van der Waals surface area contributed by atoms with Crippen LogP contribution in [-0.2, 0) is 32.7 Å². The average molecular weight is 719 g/mol. The second-order valence-corrected chi connectivity index (χ2v) is 13.3. The minimum absolute atomic E-state index is 0.0174. The molecule has 1 N–H and O–H groups in total. The van der Waals surface area contributed by atoms with Crippen LogP contribution in [0.2, 0.25) is 0 Å². The van der Waals surface area contributed by atoms with E-state index < -0.39 is 32.5 Å². The Balaban J connectivity index is 4.31. The predicted octanol–water partition coefficient (Wildman–Crippen LogP) is 11.5. The normalized spacial score (nSPS) is 14.4. The zero-order valence-electron chi connectivity index (χ0n) is 31.3. The molecule has 2 unspecified atom stereocenters. The highest BCUT2D eigenvalue weighted by atomic mass is 31.2. The quantitative estimate of drug-likeness (QED) is 0.0309. The van der Waals surface area contributed by atoms with Crippen molar-refractivity contribution in [3.8, 4) is 0 Å². The monoisotopic (exact) mass is 718 g/mol. The Morgan fingerprint density at radius 1 is 0.560 bits per heavy atom. The van der Waals surface area contributed by atoms with Gasteiger partial charge in [0, 0.05) is 12.8 Å². The van der Waals surface area contributed by atoms with Gasteiger partial charge in [0.25, 0.3) is 0 Å². The Morgan fingerprint density at radius 2 is 1.04 bits per heavy atom. The Hall–Kier alpha value is -2.77. The number of phosphoric ester groups is 1. The van der Waals surface area contributed by atoms with E-state index in [-0.39, 0.29) is 26.1 Å². The summed E-state index contributed by atoms with van der Waals surface area (Å²) < 4.78 is 32.4. The fraction of sp³-hybridized carbons (Fsp3) is 0.610. The van der Waals surface area contributed by atoms with Crippen molar-refractivity contribution in [1.29, 1.82) is 0 Å². The highest BCUT2D eigenvalue weighted by Crippen LogP contribution is 2.43. The smallest absolute Gasteiger partial charge is 0.462 e. The van der Waals surface area contributed by atoms with Gasteiger partial charge in [-0.1, -0.05) is 125 Å².